The van der Waals surface area contributed by atoms with Crippen molar-refractivity contribution in [2.45, 2.75) is 13.0 Å². The molecule has 0 aliphatic heterocycles. The van der Waals surface area contributed by atoms with Crippen LogP contribution in [0.1, 0.15) is 11.1 Å². The molecule has 0 spiro atoms. The lowest BCUT2D eigenvalue weighted by atomic mass is 10.1. The summed E-state index contributed by atoms with van der Waals surface area (Å²) in [5, 5.41) is 0. The van der Waals surface area contributed by atoms with Crippen LogP contribution in [0.4, 0.5) is 13.2 Å². The predicted octanol–water partition coefficient (Wildman–Crippen LogP) is 2.16. The Balaban J connectivity index is 2.80. The van der Waals surface area contributed by atoms with Crippen LogP contribution in [0, 0.1) is 5.82 Å². The van der Waals surface area contributed by atoms with Crippen LogP contribution in [0.25, 0.3) is 0 Å². The largest absolute Gasteiger partial charge is 0.389 e. The van der Waals surface area contributed by atoms with Crippen molar-refractivity contribution in [1.29, 1.82) is 0 Å². The topological polar surface area (TPSA) is 29.3 Å². The molecule has 1 aromatic carbocycles. The average molecular weight is 262 g/mol. The van der Waals surface area contributed by atoms with E-state index in [1.807, 2.05) is 0 Å². The maximum absolute atomic E-state index is 13.2. The summed E-state index contributed by atoms with van der Waals surface area (Å²) >= 11 is 4.74. The fourth-order valence-electron chi connectivity index (χ4n) is 1.50. The van der Waals surface area contributed by atoms with Gasteiger partial charge in [-0.1, -0.05) is 12.2 Å². The number of halogens is 3. The van der Waals surface area contributed by atoms with Crippen LogP contribution in [0.5, 0.6) is 0 Å². The van der Waals surface area contributed by atoms with E-state index in [2.05, 4.69) is 0 Å². The Hall–Kier alpha value is -1.14. The average Bonchev–Trinajstić information content (AvgIpc) is 2.14. The molecule has 0 aliphatic carbocycles. The first-order valence-electron chi connectivity index (χ1n) is 4.94. The predicted molar refractivity (Wildman–Crippen MR) is 64.6 cm³/mol. The molecule has 0 fully saturated rings. The Bertz CT molecular complexity index is 410. The summed E-state index contributed by atoms with van der Waals surface area (Å²) in [6.45, 7) is -0.142. The van der Waals surface area contributed by atoms with Crippen LogP contribution in [-0.2, 0) is 6.54 Å². The Morgan fingerprint density at radius 1 is 1.41 bits per heavy atom. The first kappa shape index (κ1) is 13.9. The zero-order valence-corrected chi connectivity index (χ0v) is 10.1. The van der Waals surface area contributed by atoms with Crippen LogP contribution in [0.15, 0.2) is 18.2 Å². The first-order chi connectivity index (χ1) is 7.88. The Labute approximate surface area is 103 Å². The van der Waals surface area contributed by atoms with Crippen LogP contribution in [0.3, 0.4) is 0 Å². The molecule has 0 bridgehead atoms. The molecule has 0 saturated carbocycles. The molecule has 0 aromatic heterocycles. The minimum Gasteiger partial charge on any atom is -0.389 e. The molecule has 0 saturated heterocycles. The number of rotatable bonds is 5. The van der Waals surface area contributed by atoms with Crippen LogP contribution in [0.2, 0.25) is 0 Å². The molecule has 2 nitrogen and oxygen atoms in total. The van der Waals surface area contributed by atoms with Crippen LogP contribution in [-0.4, -0.2) is 29.9 Å². The molecule has 17 heavy (non-hydrogen) atoms. The summed E-state index contributed by atoms with van der Waals surface area (Å²) in [6.07, 6.45) is -2.41. The highest BCUT2D eigenvalue weighted by Gasteiger charge is 2.10. The summed E-state index contributed by atoms with van der Waals surface area (Å²) < 4.78 is 37.5. The molecule has 1 aromatic rings. The van der Waals surface area contributed by atoms with Crippen molar-refractivity contribution in [3.63, 3.8) is 0 Å². The maximum Gasteiger partial charge on any atom is 0.251 e. The summed E-state index contributed by atoms with van der Waals surface area (Å²) in [7, 11) is 1.54. The van der Waals surface area contributed by atoms with Gasteiger partial charge in [-0.05, 0) is 30.8 Å². The lowest BCUT2D eigenvalue weighted by Crippen LogP contribution is -2.24. The molecule has 0 atom stereocenters. The van der Waals surface area contributed by atoms with Crippen molar-refractivity contribution in [3.8, 4) is 0 Å². The monoisotopic (exact) mass is 262 g/mol. The van der Waals surface area contributed by atoms with Crippen molar-refractivity contribution >= 4 is 17.2 Å². The molecule has 0 aliphatic rings. The third-order valence-corrected chi connectivity index (χ3v) is 2.38. The molecule has 0 unspecified atom stereocenters. The van der Waals surface area contributed by atoms with E-state index >= 15 is 0 Å². The van der Waals surface area contributed by atoms with E-state index in [-0.39, 0.29) is 18.1 Å². The van der Waals surface area contributed by atoms with Gasteiger partial charge in [-0.3, -0.25) is 4.90 Å². The van der Waals surface area contributed by atoms with Crippen molar-refractivity contribution in [3.05, 3.63) is 35.1 Å². The van der Waals surface area contributed by atoms with Gasteiger partial charge in [0.2, 0.25) is 0 Å². The van der Waals surface area contributed by atoms with E-state index in [0.717, 1.165) is 0 Å². The van der Waals surface area contributed by atoms with Gasteiger partial charge < -0.3 is 5.73 Å². The highest BCUT2D eigenvalue weighted by atomic mass is 32.1. The van der Waals surface area contributed by atoms with Crippen molar-refractivity contribution in [2.24, 2.45) is 5.73 Å². The third-order valence-electron chi connectivity index (χ3n) is 2.14. The SMILES string of the molecule is CN(Cc1cc(F)cc(C(N)=S)c1)CC(F)F. The number of benzene rings is 1. The summed E-state index contributed by atoms with van der Waals surface area (Å²) in [6, 6.07) is 4.11. The van der Waals surface area contributed by atoms with E-state index in [1.54, 1.807) is 6.07 Å². The van der Waals surface area contributed by atoms with Crippen LogP contribution >= 0.6 is 12.2 Å². The van der Waals surface area contributed by atoms with Crippen molar-refractivity contribution in [2.75, 3.05) is 13.6 Å². The number of nitrogens with two attached hydrogens (primary N) is 1. The first-order valence-corrected chi connectivity index (χ1v) is 5.35. The van der Waals surface area contributed by atoms with Gasteiger partial charge in [0.15, 0.2) is 0 Å². The van der Waals surface area contributed by atoms with Gasteiger partial charge >= 0.3 is 0 Å². The van der Waals surface area contributed by atoms with Gasteiger partial charge in [-0.2, -0.15) is 0 Å². The van der Waals surface area contributed by atoms with E-state index in [1.165, 1.54) is 24.1 Å². The Morgan fingerprint density at radius 2 is 2.06 bits per heavy atom. The molecule has 0 radical (unpaired) electrons. The van der Waals surface area contributed by atoms with E-state index < -0.39 is 12.2 Å². The van der Waals surface area contributed by atoms with Gasteiger partial charge in [0.05, 0.1) is 6.54 Å². The molecule has 0 amide bonds. The Kier molecular flexibility index (Phi) is 4.89. The van der Waals surface area contributed by atoms with Gasteiger partial charge in [0.25, 0.3) is 6.43 Å². The van der Waals surface area contributed by atoms with E-state index in [9.17, 15) is 13.2 Å². The minimum absolute atomic E-state index is 0.0854. The summed E-state index contributed by atoms with van der Waals surface area (Å²) in [5.74, 6) is -0.476. The molecule has 2 N–H and O–H groups in total. The zero-order chi connectivity index (χ0) is 13.0. The molecule has 1 rings (SSSR count). The van der Waals surface area contributed by atoms with Crippen molar-refractivity contribution in [1.82, 2.24) is 4.90 Å². The fourth-order valence-corrected chi connectivity index (χ4v) is 1.61. The quantitative estimate of drug-likeness (QED) is 0.825. The lowest BCUT2D eigenvalue weighted by molar-refractivity contribution is 0.0975. The second kappa shape index (κ2) is 5.97. The lowest BCUT2D eigenvalue weighted by Gasteiger charge is -2.16. The highest BCUT2D eigenvalue weighted by molar-refractivity contribution is 7.80. The smallest absolute Gasteiger partial charge is 0.251 e. The molecular formula is C11H13F3N2S. The number of hydrogen-bond donors (Lipinski definition) is 1. The van der Waals surface area contributed by atoms with E-state index in [4.69, 9.17) is 18.0 Å². The van der Waals surface area contributed by atoms with Crippen molar-refractivity contribution < 1.29 is 13.2 Å². The second-order valence-corrected chi connectivity index (χ2v) is 4.24. The zero-order valence-electron chi connectivity index (χ0n) is 9.29. The number of thiocarbonyl (C=S) groups is 1. The standard InChI is InChI=1S/C11H13F3N2S/c1-16(6-10(13)14)5-7-2-8(11(15)17)4-9(12)3-7/h2-4,10H,5-6H2,1H3,(H2,15,17). The molecule has 0 heterocycles. The summed E-state index contributed by atoms with van der Waals surface area (Å²) in [4.78, 5) is 1.49. The number of hydrogen-bond acceptors (Lipinski definition) is 2. The van der Waals surface area contributed by atoms with E-state index in [0.29, 0.717) is 11.1 Å². The fraction of sp³-hybridized carbons (Fsp3) is 0.364. The molecule has 94 valence electrons. The molecule has 6 heteroatoms. The van der Waals surface area contributed by atoms with Gasteiger partial charge in [0.1, 0.15) is 10.8 Å². The Morgan fingerprint density at radius 3 is 2.59 bits per heavy atom. The molecular weight excluding hydrogens is 249 g/mol. The minimum atomic E-state index is -2.41. The van der Waals surface area contributed by atoms with Crippen LogP contribution < -0.4 is 5.73 Å². The number of alkyl halides is 2. The van der Waals surface area contributed by atoms with Gasteiger partial charge in [-0.25, -0.2) is 13.2 Å². The second-order valence-electron chi connectivity index (χ2n) is 3.80. The normalized spacial score (nSPS) is 11.2. The summed E-state index contributed by atoms with van der Waals surface area (Å²) in [5.41, 5.74) is 6.36. The van der Waals surface area contributed by atoms with Gasteiger partial charge in [-0.15, -0.1) is 0 Å². The number of nitrogens with zero attached hydrogens (tertiary/aromatic N) is 1. The third kappa shape index (κ3) is 4.70. The van der Waals surface area contributed by atoms with Gasteiger partial charge in [0, 0.05) is 12.1 Å². The maximum atomic E-state index is 13.2. The highest BCUT2D eigenvalue weighted by Crippen LogP contribution is 2.12.